The molecule has 0 aliphatic carbocycles. The summed E-state index contributed by atoms with van der Waals surface area (Å²) in [5.74, 6) is -0.173. The number of hydrogen-bond donors (Lipinski definition) is 2. The van der Waals surface area contributed by atoms with Crippen molar-refractivity contribution in [2.45, 2.75) is 25.9 Å². The Bertz CT molecular complexity index is 417. The van der Waals surface area contributed by atoms with E-state index in [2.05, 4.69) is 21.2 Å². The van der Waals surface area contributed by atoms with Crippen LogP contribution in [0.4, 0.5) is 11.4 Å². The third-order valence-corrected chi connectivity index (χ3v) is 3.50. The standard InChI is InChI=1S/C12H17BrN2O2/c1-4-12(2,17-3)11(16)15-10-6-5-8(14)7-9(10)13/h5-7H,4,14H2,1-3H3,(H,15,16). The molecule has 0 aliphatic heterocycles. The van der Waals surface area contributed by atoms with E-state index in [4.69, 9.17) is 10.5 Å². The van der Waals surface area contributed by atoms with E-state index in [1.54, 1.807) is 25.1 Å². The summed E-state index contributed by atoms with van der Waals surface area (Å²) in [6.07, 6.45) is 0.599. The lowest BCUT2D eigenvalue weighted by Gasteiger charge is -2.25. The zero-order chi connectivity index (χ0) is 13.1. The van der Waals surface area contributed by atoms with Gasteiger partial charge < -0.3 is 15.8 Å². The maximum atomic E-state index is 12.0. The number of ether oxygens (including phenoxy) is 1. The molecule has 1 aromatic carbocycles. The molecule has 5 heteroatoms. The number of anilines is 2. The topological polar surface area (TPSA) is 64.3 Å². The number of rotatable bonds is 4. The van der Waals surface area contributed by atoms with E-state index in [0.29, 0.717) is 17.8 Å². The van der Waals surface area contributed by atoms with Gasteiger partial charge in [-0.15, -0.1) is 0 Å². The molecule has 0 aromatic heterocycles. The van der Waals surface area contributed by atoms with Gasteiger partial charge in [-0.2, -0.15) is 0 Å². The number of carbonyl (C=O) groups excluding carboxylic acids is 1. The SMILES string of the molecule is CCC(C)(OC)C(=O)Nc1ccc(N)cc1Br. The number of amides is 1. The fraction of sp³-hybridized carbons (Fsp3) is 0.417. The van der Waals surface area contributed by atoms with Gasteiger partial charge in [-0.25, -0.2) is 0 Å². The number of benzene rings is 1. The zero-order valence-electron chi connectivity index (χ0n) is 10.2. The van der Waals surface area contributed by atoms with Crippen LogP contribution < -0.4 is 11.1 Å². The molecule has 0 spiro atoms. The second-order valence-electron chi connectivity index (χ2n) is 3.98. The Morgan fingerprint density at radius 2 is 2.24 bits per heavy atom. The molecule has 4 nitrogen and oxygen atoms in total. The van der Waals surface area contributed by atoms with Crippen LogP contribution in [0.3, 0.4) is 0 Å². The number of nitrogens with two attached hydrogens (primary N) is 1. The van der Waals surface area contributed by atoms with Crippen LogP contribution in [0.25, 0.3) is 0 Å². The number of nitrogen functional groups attached to an aromatic ring is 1. The van der Waals surface area contributed by atoms with E-state index in [-0.39, 0.29) is 5.91 Å². The minimum atomic E-state index is -0.819. The van der Waals surface area contributed by atoms with Crippen LogP contribution in [0.15, 0.2) is 22.7 Å². The van der Waals surface area contributed by atoms with Crippen molar-refractivity contribution in [3.05, 3.63) is 22.7 Å². The van der Waals surface area contributed by atoms with Gasteiger partial charge in [-0.1, -0.05) is 6.92 Å². The highest BCUT2D eigenvalue weighted by Crippen LogP contribution is 2.26. The summed E-state index contributed by atoms with van der Waals surface area (Å²) in [5.41, 5.74) is 6.13. The van der Waals surface area contributed by atoms with Crippen molar-refractivity contribution < 1.29 is 9.53 Å². The number of hydrogen-bond acceptors (Lipinski definition) is 3. The predicted molar refractivity (Wildman–Crippen MR) is 72.9 cm³/mol. The molecule has 1 atom stereocenters. The van der Waals surface area contributed by atoms with Crippen LogP contribution >= 0.6 is 15.9 Å². The molecule has 1 amide bonds. The molecule has 3 N–H and O–H groups in total. The first kappa shape index (κ1) is 14.0. The molecule has 0 fully saturated rings. The molecule has 0 saturated heterocycles. The third-order valence-electron chi connectivity index (χ3n) is 2.85. The number of methoxy groups -OCH3 is 1. The molecule has 1 aromatic rings. The van der Waals surface area contributed by atoms with Gasteiger partial charge in [0.15, 0.2) is 0 Å². The molecule has 0 heterocycles. The number of nitrogens with one attached hydrogen (secondary N) is 1. The first-order valence-electron chi connectivity index (χ1n) is 5.34. The Kier molecular flexibility index (Phi) is 4.54. The van der Waals surface area contributed by atoms with Gasteiger partial charge in [0.1, 0.15) is 5.60 Å². The molecule has 94 valence electrons. The second-order valence-corrected chi connectivity index (χ2v) is 4.84. The highest BCUT2D eigenvalue weighted by molar-refractivity contribution is 9.10. The maximum absolute atomic E-state index is 12.0. The smallest absolute Gasteiger partial charge is 0.256 e. The maximum Gasteiger partial charge on any atom is 0.256 e. The van der Waals surface area contributed by atoms with Crippen LogP contribution in [0.5, 0.6) is 0 Å². The molecule has 1 unspecified atom stereocenters. The second kappa shape index (κ2) is 5.51. The fourth-order valence-electron chi connectivity index (χ4n) is 1.28. The van der Waals surface area contributed by atoms with Gasteiger partial charge in [-0.3, -0.25) is 4.79 Å². The Balaban J connectivity index is 2.88. The fourth-order valence-corrected chi connectivity index (χ4v) is 1.78. The van der Waals surface area contributed by atoms with Crippen LogP contribution in [0, 0.1) is 0 Å². The Hall–Kier alpha value is -1.07. The largest absolute Gasteiger partial charge is 0.399 e. The average Bonchev–Trinajstić information content (AvgIpc) is 2.31. The summed E-state index contributed by atoms with van der Waals surface area (Å²) < 4.78 is 5.98. The van der Waals surface area contributed by atoms with Crippen LogP contribution in [0.2, 0.25) is 0 Å². The Morgan fingerprint density at radius 3 is 2.71 bits per heavy atom. The van der Waals surface area contributed by atoms with Gasteiger partial charge in [0, 0.05) is 17.3 Å². The lowest BCUT2D eigenvalue weighted by Crippen LogP contribution is -2.41. The molecular formula is C12H17BrN2O2. The van der Waals surface area contributed by atoms with Crippen molar-refractivity contribution >= 4 is 33.2 Å². The zero-order valence-corrected chi connectivity index (χ0v) is 11.8. The molecule has 0 bridgehead atoms. The van der Waals surface area contributed by atoms with Gasteiger partial charge >= 0.3 is 0 Å². The molecule has 0 radical (unpaired) electrons. The van der Waals surface area contributed by atoms with E-state index >= 15 is 0 Å². The molecule has 0 aliphatic rings. The lowest BCUT2D eigenvalue weighted by atomic mass is 10.0. The van der Waals surface area contributed by atoms with Crippen molar-refractivity contribution in [2.75, 3.05) is 18.2 Å². The van der Waals surface area contributed by atoms with Crippen LogP contribution in [-0.4, -0.2) is 18.6 Å². The monoisotopic (exact) mass is 300 g/mol. The molecule has 0 saturated carbocycles. The van der Waals surface area contributed by atoms with Gasteiger partial charge in [0.2, 0.25) is 0 Å². The predicted octanol–water partition coefficient (Wildman–Crippen LogP) is 2.78. The molecule has 17 heavy (non-hydrogen) atoms. The van der Waals surface area contributed by atoms with Crippen molar-refractivity contribution in [3.63, 3.8) is 0 Å². The summed E-state index contributed by atoms with van der Waals surface area (Å²) in [4.78, 5) is 12.0. The summed E-state index contributed by atoms with van der Waals surface area (Å²) >= 11 is 3.35. The van der Waals surface area contributed by atoms with E-state index in [1.165, 1.54) is 7.11 Å². The van der Waals surface area contributed by atoms with Crippen molar-refractivity contribution in [1.82, 2.24) is 0 Å². The van der Waals surface area contributed by atoms with Crippen molar-refractivity contribution in [1.29, 1.82) is 0 Å². The van der Waals surface area contributed by atoms with E-state index < -0.39 is 5.60 Å². The summed E-state index contributed by atoms with van der Waals surface area (Å²) in [6.45, 7) is 3.66. The Labute approximate surface area is 110 Å². The summed E-state index contributed by atoms with van der Waals surface area (Å²) in [7, 11) is 1.53. The lowest BCUT2D eigenvalue weighted by molar-refractivity contribution is -0.136. The third kappa shape index (κ3) is 3.20. The highest BCUT2D eigenvalue weighted by atomic mass is 79.9. The van der Waals surface area contributed by atoms with E-state index in [9.17, 15) is 4.79 Å². The van der Waals surface area contributed by atoms with Crippen molar-refractivity contribution in [2.24, 2.45) is 0 Å². The van der Waals surface area contributed by atoms with Gasteiger partial charge in [0.05, 0.1) is 5.69 Å². The van der Waals surface area contributed by atoms with Crippen molar-refractivity contribution in [3.8, 4) is 0 Å². The number of halogens is 1. The normalized spacial score (nSPS) is 14.1. The minimum Gasteiger partial charge on any atom is -0.399 e. The molecular weight excluding hydrogens is 284 g/mol. The van der Waals surface area contributed by atoms with Gasteiger partial charge in [-0.05, 0) is 47.5 Å². The summed E-state index contributed by atoms with van der Waals surface area (Å²) in [6, 6.07) is 5.23. The van der Waals surface area contributed by atoms with E-state index in [1.807, 2.05) is 6.92 Å². The average molecular weight is 301 g/mol. The first-order valence-corrected chi connectivity index (χ1v) is 6.14. The van der Waals surface area contributed by atoms with Crippen LogP contribution in [0.1, 0.15) is 20.3 Å². The quantitative estimate of drug-likeness (QED) is 0.841. The number of carbonyl (C=O) groups is 1. The Morgan fingerprint density at radius 1 is 1.59 bits per heavy atom. The first-order chi connectivity index (χ1) is 7.92. The van der Waals surface area contributed by atoms with Gasteiger partial charge in [0.25, 0.3) is 5.91 Å². The van der Waals surface area contributed by atoms with E-state index in [0.717, 1.165) is 4.47 Å². The minimum absolute atomic E-state index is 0.173. The highest BCUT2D eigenvalue weighted by Gasteiger charge is 2.31. The summed E-state index contributed by atoms with van der Waals surface area (Å²) in [5, 5.41) is 2.81. The molecule has 1 rings (SSSR count). The van der Waals surface area contributed by atoms with Crippen LogP contribution in [-0.2, 0) is 9.53 Å².